The van der Waals surface area contributed by atoms with Crippen molar-refractivity contribution >= 4 is 22.7 Å². The van der Waals surface area contributed by atoms with Gasteiger partial charge in [-0.25, -0.2) is 9.59 Å². The molecule has 0 aromatic heterocycles. The summed E-state index contributed by atoms with van der Waals surface area (Å²) in [5, 5.41) is 38.3. The van der Waals surface area contributed by atoms with Crippen molar-refractivity contribution < 1.29 is 30.0 Å². The Morgan fingerprint density at radius 3 is 1.90 bits per heavy atom. The Kier molecular flexibility index (Phi) is 3.01. The summed E-state index contributed by atoms with van der Waals surface area (Å²) < 4.78 is 0. The molecule has 0 amide bonds. The van der Waals surface area contributed by atoms with Gasteiger partial charge >= 0.3 is 11.9 Å². The minimum absolute atomic E-state index is 0.0509. The van der Waals surface area contributed by atoms with Crippen LogP contribution in [0.1, 0.15) is 31.8 Å². The molecule has 0 heterocycles. The predicted molar refractivity (Wildman–Crippen MR) is 70.7 cm³/mol. The molecule has 0 unspecified atom stereocenters. The molecule has 0 aliphatic rings. The third kappa shape index (κ3) is 1.82. The van der Waals surface area contributed by atoms with E-state index >= 15 is 0 Å². The number of hydrogen-bond donors (Lipinski definition) is 4. The highest BCUT2D eigenvalue weighted by Crippen LogP contribution is 2.40. The fourth-order valence-corrected chi connectivity index (χ4v) is 2.23. The van der Waals surface area contributed by atoms with Gasteiger partial charge < -0.3 is 20.4 Å². The Balaban J connectivity index is 3.04. The molecule has 20 heavy (non-hydrogen) atoms. The zero-order chi connectivity index (χ0) is 15.2. The maximum Gasteiger partial charge on any atom is 0.336 e. The fourth-order valence-electron chi connectivity index (χ4n) is 2.23. The van der Waals surface area contributed by atoms with E-state index in [2.05, 4.69) is 0 Å². The van der Waals surface area contributed by atoms with Crippen LogP contribution in [0.4, 0.5) is 0 Å². The maximum atomic E-state index is 11.1. The summed E-state index contributed by atoms with van der Waals surface area (Å²) in [4.78, 5) is 22.2. The van der Waals surface area contributed by atoms with E-state index < -0.39 is 17.7 Å². The van der Waals surface area contributed by atoms with Crippen LogP contribution in [0.5, 0.6) is 11.5 Å². The van der Waals surface area contributed by atoms with Gasteiger partial charge in [0.15, 0.2) is 0 Å². The van der Waals surface area contributed by atoms with Crippen molar-refractivity contribution in [3.63, 3.8) is 0 Å². The molecule has 104 valence electrons. The van der Waals surface area contributed by atoms with Crippen LogP contribution in [0.2, 0.25) is 0 Å². The molecule has 0 atom stereocenters. The molecular formula is C14H12O6. The molecule has 0 saturated carbocycles. The summed E-state index contributed by atoms with van der Waals surface area (Å²) in [5.41, 5.74) is 0.112. The van der Waals surface area contributed by atoms with Crippen molar-refractivity contribution in [2.75, 3.05) is 0 Å². The second-order valence-electron chi connectivity index (χ2n) is 4.50. The summed E-state index contributed by atoms with van der Waals surface area (Å²) in [6.07, 6.45) is 0. The van der Waals surface area contributed by atoms with E-state index in [-0.39, 0.29) is 38.8 Å². The Morgan fingerprint density at radius 2 is 1.40 bits per heavy atom. The van der Waals surface area contributed by atoms with E-state index in [1.807, 2.05) is 0 Å². The lowest BCUT2D eigenvalue weighted by molar-refractivity contribution is 0.0685. The first-order valence-corrected chi connectivity index (χ1v) is 5.71. The Morgan fingerprint density at radius 1 is 0.900 bits per heavy atom. The number of hydrogen-bond acceptors (Lipinski definition) is 4. The smallest absolute Gasteiger partial charge is 0.336 e. The lowest BCUT2D eigenvalue weighted by Gasteiger charge is -2.13. The monoisotopic (exact) mass is 276 g/mol. The van der Waals surface area contributed by atoms with Crippen LogP contribution in [0.15, 0.2) is 12.1 Å². The van der Waals surface area contributed by atoms with Gasteiger partial charge in [0.1, 0.15) is 11.5 Å². The molecule has 4 N–H and O–H groups in total. The van der Waals surface area contributed by atoms with Crippen LogP contribution >= 0.6 is 0 Å². The summed E-state index contributed by atoms with van der Waals surface area (Å²) in [6.45, 7) is 2.91. The van der Waals surface area contributed by atoms with Gasteiger partial charge in [0.2, 0.25) is 0 Å². The van der Waals surface area contributed by atoms with Crippen LogP contribution in [-0.4, -0.2) is 32.4 Å². The lowest BCUT2D eigenvalue weighted by atomic mass is 9.94. The molecule has 6 heteroatoms. The molecule has 2 aromatic rings. The van der Waals surface area contributed by atoms with Crippen LogP contribution in [-0.2, 0) is 0 Å². The largest absolute Gasteiger partial charge is 0.507 e. The van der Waals surface area contributed by atoms with E-state index in [1.165, 1.54) is 19.9 Å². The average molecular weight is 276 g/mol. The average Bonchev–Trinajstić information content (AvgIpc) is 2.36. The zero-order valence-corrected chi connectivity index (χ0v) is 10.8. The number of carboxylic acid groups (broad SMARTS) is 2. The van der Waals surface area contributed by atoms with E-state index in [0.29, 0.717) is 0 Å². The minimum Gasteiger partial charge on any atom is -0.507 e. The zero-order valence-electron chi connectivity index (χ0n) is 10.8. The van der Waals surface area contributed by atoms with Crippen molar-refractivity contribution in [3.05, 3.63) is 34.4 Å². The Bertz CT molecular complexity index is 760. The molecule has 6 nitrogen and oxygen atoms in total. The molecule has 2 rings (SSSR count). The molecule has 0 fully saturated rings. The summed E-state index contributed by atoms with van der Waals surface area (Å²) in [5.74, 6) is -3.24. The van der Waals surface area contributed by atoms with Gasteiger partial charge in [0.05, 0.1) is 16.5 Å². The molecule has 0 bridgehead atoms. The van der Waals surface area contributed by atoms with Crippen molar-refractivity contribution in [1.82, 2.24) is 0 Å². The van der Waals surface area contributed by atoms with Gasteiger partial charge in [-0.3, -0.25) is 0 Å². The van der Waals surface area contributed by atoms with E-state index in [1.54, 1.807) is 0 Å². The standard InChI is InChI=1S/C14H12O6/c1-5-7-3-8(13(17)18)6(2)12(16)11(7)10(15)4-9(5)14(19)20/h3-4,15-16H,1-2H3,(H,17,18)(H,19,20). The normalized spacial score (nSPS) is 10.7. The maximum absolute atomic E-state index is 11.1. The molecule has 0 radical (unpaired) electrons. The Labute approximate surface area is 113 Å². The number of carbonyl (C=O) groups is 2. The molecule has 0 aliphatic heterocycles. The number of aromatic hydroxyl groups is 2. The number of phenolic OH excluding ortho intramolecular Hbond substituents is 2. The van der Waals surface area contributed by atoms with Gasteiger partial charge in [0, 0.05) is 5.56 Å². The van der Waals surface area contributed by atoms with Crippen molar-refractivity contribution in [1.29, 1.82) is 0 Å². The minimum atomic E-state index is -1.24. The SMILES string of the molecule is Cc1c(C(=O)O)cc2c(C)c(C(=O)O)cc(O)c2c1O. The van der Waals surface area contributed by atoms with Crippen molar-refractivity contribution in [3.8, 4) is 11.5 Å². The number of aromatic carboxylic acids is 2. The van der Waals surface area contributed by atoms with Gasteiger partial charge in [-0.05, 0) is 36.9 Å². The van der Waals surface area contributed by atoms with Gasteiger partial charge in [0.25, 0.3) is 0 Å². The predicted octanol–water partition coefficient (Wildman–Crippen LogP) is 2.26. The lowest BCUT2D eigenvalue weighted by Crippen LogP contribution is -2.04. The second-order valence-corrected chi connectivity index (χ2v) is 4.50. The van der Waals surface area contributed by atoms with Gasteiger partial charge in [-0.1, -0.05) is 0 Å². The highest BCUT2D eigenvalue weighted by atomic mass is 16.4. The van der Waals surface area contributed by atoms with E-state index in [0.717, 1.165) is 6.07 Å². The van der Waals surface area contributed by atoms with Crippen LogP contribution in [0.3, 0.4) is 0 Å². The van der Waals surface area contributed by atoms with Gasteiger partial charge in [-0.2, -0.15) is 0 Å². The first-order chi connectivity index (χ1) is 9.25. The van der Waals surface area contributed by atoms with E-state index in [4.69, 9.17) is 10.2 Å². The first kappa shape index (κ1) is 13.7. The fraction of sp³-hybridized carbons (Fsp3) is 0.143. The van der Waals surface area contributed by atoms with Crippen LogP contribution < -0.4 is 0 Å². The number of fused-ring (bicyclic) bond motifs is 1. The number of benzene rings is 2. The third-order valence-corrected chi connectivity index (χ3v) is 3.36. The highest BCUT2D eigenvalue weighted by molar-refractivity contribution is 6.06. The van der Waals surface area contributed by atoms with Crippen LogP contribution in [0.25, 0.3) is 10.8 Å². The quantitative estimate of drug-likeness (QED) is 0.668. The Hall–Kier alpha value is -2.76. The molecular weight excluding hydrogens is 264 g/mol. The second kappa shape index (κ2) is 4.41. The molecule has 0 aliphatic carbocycles. The summed E-state index contributed by atoms with van der Waals surface area (Å²) in [6, 6.07) is 2.30. The first-order valence-electron chi connectivity index (χ1n) is 5.71. The molecule has 0 spiro atoms. The van der Waals surface area contributed by atoms with Crippen molar-refractivity contribution in [2.24, 2.45) is 0 Å². The summed E-state index contributed by atoms with van der Waals surface area (Å²) in [7, 11) is 0. The van der Waals surface area contributed by atoms with Crippen LogP contribution in [0, 0.1) is 13.8 Å². The summed E-state index contributed by atoms with van der Waals surface area (Å²) >= 11 is 0. The topological polar surface area (TPSA) is 115 Å². The number of phenols is 2. The third-order valence-electron chi connectivity index (χ3n) is 3.36. The van der Waals surface area contributed by atoms with Gasteiger partial charge in [-0.15, -0.1) is 0 Å². The number of aryl methyl sites for hydroxylation is 1. The number of rotatable bonds is 2. The van der Waals surface area contributed by atoms with Crippen molar-refractivity contribution in [2.45, 2.75) is 13.8 Å². The highest BCUT2D eigenvalue weighted by Gasteiger charge is 2.21. The molecule has 0 saturated heterocycles. The van der Waals surface area contributed by atoms with E-state index in [9.17, 15) is 19.8 Å². The molecule has 2 aromatic carbocycles. The number of carboxylic acids is 2.